The van der Waals surface area contributed by atoms with Crippen LogP contribution in [0.15, 0.2) is 30.3 Å². The van der Waals surface area contributed by atoms with E-state index in [0.717, 1.165) is 12.6 Å². The second kappa shape index (κ2) is 8.87. The molecule has 1 atom stereocenters. The van der Waals surface area contributed by atoms with E-state index >= 15 is 0 Å². The first-order valence-electron chi connectivity index (χ1n) is 6.48. The largest absolute Gasteiger partial charge is 1.00 e. The van der Waals surface area contributed by atoms with E-state index in [9.17, 15) is 8.42 Å². The molecule has 1 aromatic carbocycles. The number of hydrogen-bond donors (Lipinski definition) is 1. The van der Waals surface area contributed by atoms with Crippen molar-refractivity contribution in [1.82, 2.24) is 0 Å². The smallest absolute Gasteiger partial charge is 1.00 e. The summed E-state index contributed by atoms with van der Waals surface area (Å²) in [6, 6.07) is 10.4. The monoisotopic (exact) mass is 326 g/mol. The van der Waals surface area contributed by atoms with Gasteiger partial charge >= 0.3 is 29.6 Å². The molecule has 1 rings (SSSR count). The van der Waals surface area contributed by atoms with Crippen molar-refractivity contribution in [2.24, 2.45) is 0 Å². The van der Waals surface area contributed by atoms with Gasteiger partial charge in [-0.2, -0.15) is 8.42 Å². The van der Waals surface area contributed by atoms with Crippen LogP contribution in [0.25, 0.3) is 0 Å². The number of hydrogen-bond acceptors (Lipinski definition) is 2. The minimum Gasteiger partial charge on any atom is -1.00 e. The van der Waals surface area contributed by atoms with E-state index in [0.29, 0.717) is 6.42 Å². The Labute approximate surface area is 147 Å². The van der Waals surface area contributed by atoms with Crippen molar-refractivity contribution in [1.29, 1.82) is 0 Å². The zero-order chi connectivity index (χ0) is 14.5. The van der Waals surface area contributed by atoms with E-state index in [1.807, 2.05) is 6.07 Å². The Morgan fingerprint density at radius 3 is 2.15 bits per heavy atom. The van der Waals surface area contributed by atoms with Crippen molar-refractivity contribution >= 4 is 23.3 Å². The van der Waals surface area contributed by atoms with E-state index in [-0.39, 0.29) is 49.8 Å². The summed E-state index contributed by atoms with van der Waals surface area (Å²) in [4.78, 5) is 0. The van der Waals surface area contributed by atoms with Crippen LogP contribution in [0.4, 0.5) is 0 Å². The van der Waals surface area contributed by atoms with E-state index in [2.05, 4.69) is 45.0 Å². The fraction of sp³-hybridized carbons (Fsp3) is 0.571. The maximum Gasteiger partial charge on any atom is 1.00 e. The van der Waals surface area contributed by atoms with Crippen LogP contribution in [0.2, 0.25) is 0 Å². The Kier molecular flexibility index (Phi) is 9.12. The van der Waals surface area contributed by atoms with Gasteiger partial charge in [0.1, 0.15) is 0 Å². The molecule has 0 fully saturated rings. The summed E-state index contributed by atoms with van der Waals surface area (Å²) in [5.74, 6) is -0.130. The molecule has 1 N–H and O–H groups in total. The van der Waals surface area contributed by atoms with Gasteiger partial charge in [-0.25, -0.2) is 0 Å². The standard InChI is InChI=1S/C14H23O3PS.Na.H/c1-14(2,3)18(13-9-5-4-6-10-13)11-7-8-12-19(15,16)17;;/h4-6,9-10H,7-8,11-12H2,1-3H3,(H,15,16,17);;/q;+1;-1. The molecule has 0 radical (unpaired) electrons. The predicted molar refractivity (Wildman–Crippen MR) is 84.4 cm³/mol. The van der Waals surface area contributed by atoms with Crippen LogP contribution in [0, 0.1) is 0 Å². The molecular weight excluding hydrogens is 302 g/mol. The molecule has 20 heavy (non-hydrogen) atoms. The van der Waals surface area contributed by atoms with Gasteiger partial charge in [0.25, 0.3) is 10.1 Å². The maximum atomic E-state index is 10.7. The topological polar surface area (TPSA) is 54.4 Å². The van der Waals surface area contributed by atoms with Gasteiger partial charge in [0.15, 0.2) is 0 Å². The third kappa shape index (κ3) is 8.11. The van der Waals surface area contributed by atoms with Gasteiger partial charge in [0.05, 0.1) is 5.75 Å². The third-order valence-electron chi connectivity index (χ3n) is 2.91. The average Bonchev–Trinajstić information content (AvgIpc) is 2.26. The van der Waals surface area contributed by atoms with Crippen LogP contribution in [-0.2, 0) is 10.1 Å². The van der Waals surface area contributed by atoms with Gasteiger partial charge < -0.3 is 1.43 Å². The molecule has 6 heteroatoms. The van der Waals surface area contributed by atoms with E-state index < -0.39 is 10.1 Å². The molecular formula is C14H24NaO3PS. The molecule has 0 saturated carbocycles. The van der Waals surface area contributed by atoms with E-state index in [4.69, 9.17) is 4.55 Å². The molecule has 0 aliphatic rings. The summed E-state index contributed by atoms with van der Waals surface area (Å²) in [5.41, 5.74) is 0. The summed E-state index contributed by atoms with van der Waals surface area (Å²) in [6.45, 7) is 6.69. The van der Waals surface area contributed by atoms with E-state index in [1.165, 1.54) is 5.30 Å². The van der Waals surface area contributed by atoms with Crippen molar-refractivity contribution in [3.8, 4) is 0 Å². The van der Waals surface area contributed by atoms with Crippen LogP contribution >= 0.6 is 7.92 Å². The number of unbranched alkanes of at least 4 members (excludes halogenated alkanes) is 1. The number of rotatable bonds is 6. The van der Waals surface area contributed by atoms with Crippen molar-refractivity contribution in [2.75, 3.05) is 11.9 Å². The Hall–Kier alpha value is 0.560. The average molecular weight is 326 g/mol. The summed E-state index contributed by atoms with van der Waals surface area (Å²) < 4.78 is 30.1. The Morgan fingerprint density at radius 1 is 1.15 bits per heavy atom. The Bertz CT molecular complexity index is 489. The third-order valence-corrected chi connectivity index (χ3v) is 7.02. The molecule has 0 aliphatic carbocycles. The molecule has 1 aromatic rings. The zero-order valence-corrected chi connectivity index (χ0v) is 16.5. The maximum absolute atomic E-state index is 10.7. The predicted octanol–water partition coefficient (Wildman–Crippen LogP) is 0.377. The molecule has 0 saturated heterocycles. The molecule has 0 aliphatic heterocycles. The van der Waals surface area contributed by atoms with Gasteiger partial charge in [-0.05, 0) is 29.5 Å². The molecule has 1 unspecified atom stereocenters. The molecule has 110 valence electrons. The van der Waals surface area contributed by atoms with Gasteiger partial charge in [-0.3, -0.25) is 4.55 Å². The van der Waals surface area contributed by atoms with Gasteiger partial charge in [0, 0.05) is 0 Å². The minimum absolute atomic E-state index is 0. The summed E-state index contributed by atoms with van der Waals surface area (Å²) in [5, 5.41) is 1.56. The normalized spacial score (nSPS) is 13.6. The van der Waals surface area contributed by atoms with Gasteiger partial charge in [-0.15, -0.1) is 0 Å². The minimum atomic E-state index is -3.81. The van der Waals surface area contributed by atoms with Crippen molar-refractivity contribution in [3.63, 3.8) is 0 Å². The fourth-order valence-electron chi connectivity index (χ4n) is 2.01. The molecule has 3 nitrogen and oxygen atoms in total. The Balaban J connectivity index is 0. The van der Waals surface area contributed by atoms with Crippen LogP contribution in [0.5, 0.6) is 0 Å². The van der Waals surface area contributed by atoms with Crippen molar-refractivity contribution < 1.29 is 44.0 Å². The van der Waals surface area contributed by atoms with Crippen LogP contribution < -0.4 is 34.9 Å². The van der Waals surface area contributed by atoms with Crippen molar-refractivity contribution in [3.05, 3.63) is 30.3 Å². The van der Waals surface area contributed by atoms with Gasteiger partial charge in [0.2, 0.25) is 0 Å². The second-order valence-corrected chi connectivity index (χ2v) is 10.4. The molecule has 0 aromatic heterocycles. The van der Waals surface area contributed by atoms with Crippen molar-refractivity contribution in [2.45, 2.75) is 38.8 Å². The zero-order valence-electron chi connectivity index (χ0n) is 13.8. The second-order valence-electron chi connectivity index (χ2n) is 5.65. The Morgan fingerprint density at radius 2 is 1.70 bits per heavy atom. The summed E-state index contributed by atoms with van der Waals surface area (Å²) in [6.07, 6.45) is 2.36. The molecule has 0 bridgehead atoms. The summed E-state index contributed by atoms with van der Waals surface area (Å²) in [7, 11) is -4.14. The summed E-state index contributed by atoms with van der Waals surface area (Å²) >= 11 is 0. The first-order valence-corrected chi connectivity index (χ1v) is 9.61. The SMILES string of the molecule is CC(C)(C)P(CCCCS(=O)(=O)O)c1ccccc1.[H-].[Na+]. The molecule has 0 spiro atoms. The first-order chi connectivity index (χ1) is 8.70. The van der Waals surface area contributed by atoms with Crippen LogP contribution in [0.1, 0.15) is 35.0 Å². The molecule has 0 amide bonds. The number of benzene rings is 1. The van der Waals surface area contributed by atoms with E-state index in [1.54, 1.807) is 0 Å². The quantitative estimate of drug-likeness (QED) is 0.356. The fourth-order valence-corrected chi connectivity index (χ4v) is 5.36. The molecule has 0 heterocycles. The van der Waals surface area contributed by atoms with Gasteiger partial charge in [-0.1, -0.05) is 59.0 Å². The first kappa shape index (κ1) is 20.6. The van der Waals surface area contributed by atoms with Crippen LogP contribution in [0.3, 0.4) is 0 Å². The van der Waals surface area contributed by atoms with Crippen LogP contribution in [-0.4, -0.2) is 30.0 Å².